The van der Waals surface area contributed by atoms with Gasteiger partial charge in [-0.15, -0.1) is 11.3 Å². The second-order valence-corrected chi connectivity index (χ2v) is 9.03. The normalized spacial score (nSPS) is 17.8. The molecule has 4 rings (SSSR count). The molecule has 0 bridgehead atoms. The largest absolute Gasteiger partial charge is 0.507 e. The van der Waals surface area contributed by atoms with Crippen molar-refractivity contribution >= 4 is 28.8 Å². The van der Waals surface area contributed by atoms with Gasteiger partial charge >= 0.3 is 0 Å². The Kier molecular flexibility index (Phi) is 6.37. The molecule has 164 valence electrons. The highest BCUT2D eigenvalue weighted by Gasteiger charge is 2.46. The van der Waals surface area contributed by atoms with Gasteiger partial charge in [-0.2, -0.15) is 0 Å². The molecule has 1 fully saturated rings. The molecule has 1 aliphatic heterocycles. The van der Waals surface area contributed by atoms with Crippen LogP contribution in [0.15, 0.2) is 71.7 Å². The highest BCUT2D eigenvalue weighted by Crippen LogP contribution is 2.40. The number of nitrogens with zero attached hydrogens (tertiary/aromatic N) is 2. The number of rotatable bonds is 7. The predicted octanol–water partition coefficient (Wildman–Crippen LogP) is 4.80. The van der Waals surface area contributed by atoms with Crippen LogP contribution >= 0.6 is 11.3 Å². The minimum atomic E-state index is -0.779. The van der Waals surface area contributed by atoms with Crippen LogP contribution in [0.1, 0.15) is 36.0 Å². The average Bonchev–Trinajstić information content (AvgIpc) is 3.40. The molecule has 0 saturated carbocycles. The topological polar surface area (TPSA) is 79.7 Å². The Morgan fingerprint density at radius 2 is 2.00 bits per heavy atom. The monoisotopic (exact) mass is 448 g/mol. The Morgan fingerprint density at radius 1 is 1.16 bits per heavy atom. The van der Waals surface area contributed by atoms with E-state index in [1.807, 2.05) is 31.4 Å². The van der Waals surface area contributed by atoms with Crippen LogP contribution in [0.3, 0.4) is 0 Å². The second kappa shape index (κ2) is 9.36. The van der Waals surface area contributed by atoms with Crippen molar-refractivity contribution in [1.29, 1.82) is 0 Å². The minimum absolute atomic E-state index is 0.0336. The molecule has 32 heavy (non-hydrogen) atoms. The number of amides is 1. The molecule has 7 heteroatoms. The van der Waals surface area contributed by atoms with Gasteiger partial charge < -0.3 is 14.7 Å². The molecule has 1 N–H and O–H groups in total. The molecular weight excluding hydrogens is 424 g/mol. The first kappa shape index (κ1) is 21.8. The summed E-state index contributed by atoms with van der Waals surface area (Å²) in [5.74, 6) is -0.669. The fourth-order valence-corrected chi connectivity index (χ4v) is 4.31. The molecular formula is C25H24N2O4S. The molecule has 0 radical (unpaired) electrons. The molecule has 0 aliphatic carbocycles. The number of carbonyl (C=O) groups is 2. The van der Waals surface area contributed by atoms with Crippen molar-refractivity contribution < 1.29 is 19.4 Å². The summed E-state index contributed by atoms with van der Waals surface area (Å²) in [5.41, 5.74) is 0.976. The van der Waals surface area contributed by atoms with E-state index in [2.05, 4.69) is 4.98 Å². The van der Waals surface area contributed by atoms with Crippen LogP contribution < -0.4 is 4.74 Å². The van der Waals surface area contributed by atoms with Crippen molar-refractivity contribution in [2.45, 2.75) is 26.4 Å². The van der Waals surface area contributed by atoms with Crippen LogP contribution in [-0.2, 0) is 16.1 Å². The first-order valence-electron chi connectivity index (χ1n) is 10.4. The predicted molar refractivity (Wildman–Crippen MR) is 123 cm³/mol. The van der Waals surface area contributed by atoms with Crippen molar-refractivity contribution in [3.63, 3.8) is 0 Å². The van der Waals surface area contributed by atoms with E-state index in [1.54, 1.807) is 48.7 Å². The number of aliphatic hydroxyl groups is 1. The Morgan fingerprint density at radius 3 is 2.69 bits per heavy atom. The number of pyridine rings is 1. The standard InChI is InChI=1S/C25H24N2O4S/c1-16(2)15-31-18-8-5-7-17(13-18)23(28)21-22(20-10-3-4-11-26-20)27(25(30)24(21)29)14-19-9-6-12-32-19/h3-13,16,22,28H,14-15H2,1-2H3/b23-21-. The third kappa shape index (κ3) is 4.43. The summed E-state index contributed by atoms with van der Waals surface area (Å²) < 4.78 is 5.76. The average molecular weight is 449 g/mol. The maximum absolute atomic E-state index is 13.1. The van der Waals surface area contributed by atoms with E-state index in [0.29, 0.717) is 29.5 Å². The molecule has 1 unspecified atom stereocenters. The van der Waals surface area contributed by atoms with E-state index in [4.69, 9.17) is 4.74 Å². The van der Waals surface area contributed by atoms with Crippen molar-refractivity contribution in [3.8, 4) is 5.75 Å². The molecule has 1 aliphatic rings. The summed E-state index contributed by atoms with van der Waals surface area (Å²) in [5, 5.41) is 13.1. The minimum Gasteiger partial charge on any atom is -0.507 e. The lowest BCUT2D eigenvalue weighted by atomic mass is 9.98. The molecule has 1 amide bonds. The summed E-state index contributed by atoms with van der Waals surface area (Å²) in [4.78, 5) is 32.9. The number of hydrogen-bond donors (Lipinski definition) is 1. The fourth-order valence-electron chi connectivity index (χ4n) is 3.61. The summed E-state index contributed by atoms with van der Waals surface area (Å²) in [7, 11) is 0. The maximum Gasteiger partial charge on any atom is 0.296 e. The summed E-state index contributed by atoms with van der Waals surface area (Å²) in [6, 6.07) is 15.3. The van der Waals surface area contributed by atoms with Gasteiger partial charge in [-0.05, 0) is 41.6 Å². The van der Waals surface area contributed by atoms with Gasteiger partial charge in [-0.25, -0.2) is 0 Å². The zero-order valence-corrected chi connectivity index (χ0v) is 18.7. The Labute approximate surface area is 190 Å². The number of hydrogen-bond acceptors (Lipinski definition) is 6. The van der Waals surface area contributed by atoms with E-state index >= 15 is 0 Å². The van der Waals surface area contributed by atoms with Gasteiger partial charge in [0, 0.05) is 16.6 Å². The second-order valence-electron chi connectivity index (χ2n) is 7.99. The van der Waals surface area contributed by atoms with Gasteiger partial charge in [0.25, 0.3) is 11.7 Å². The highest BCUT2D eigenvalue weighted by molar-refractivity contribution is 7.09. The molecule has 6 nitrogen and oxygen atoms in total. The lowest BCUT2D eigenvalue weighted by Crippen LogP contribution is -2.29. The van der Waals surface area contributed by atoms with E-state index in [0.717, 1.165) is 4.88 Å². The van der Waals surface area contributed by atoms with Gasteiger partial charge in [0.2, 0.25) is 0 Å². The molecule has 0 spiro atoms. The van der Waals surface area contributed by atoms with Crippen LogP contribution in [0.5, 0.6) is 5.75 Å². The van der Waals surface area contributed by atoms with Gasteiger partial charge in [0.15, 0.2) is 0 Å². The molecule has 1 atom stereocenters. The Hall–Kier alpha value is -3.45. The van der Waals surface area contributed by atoms with Crippen molar-refractivity contribution in [1.82, 2.24) is 9.88 Å². The number of carbonyl (C=O) groups excluding carboxylic acids is 2. The van der Waals surface area contributed by atoms with Gasteiger partial charge in [-0.3, -0.25) is 14.6 Å². The molecule has 1 aromatic carbocycles. The maximum atomic E-state index is 13.1. The van der Waals surface area contributed by atoms with Gasteiger partial charge in [-0.1, -0.05) is 38.1 Å². The van der Waals surface area contributed by atoms with Gasteiger partial charge in [0.05, 0.1) is 24.4 Å². The van der Waals surface area contributed by atoms with E-state index in [-0.39, 0.29) is 17.9 Å². The number of aromatic nitrogens is 1. The first-order valence-corrected chi connectivity index (χ1v) is 11.3. The first-order chi connectivity index (χ1) is 15.5. The smallest absolute Gasteiger partial charge is 0.296 e. The Balaban J connectivity index is 1.78. The Bertz CT molecular complexity index is 1140. The number of aliphatic hydroxyl groups excluding tert-OH is 1. The lowest BCUT2D eigenvalue weighted by molar-refractivity contribution is -0.140. The number of Topliss-reactive ketones (excluding diaryl/α,β-unsaturated/α-hetero) is 1. The third-order valence-corrected chi connectivity index (χ3v) is 5.97. The fraction of sp³-hybridized carbons (Fsp3) is 0.240. The number of likely N-dealkylation sites (tertiary alicyclic amines) is 1. The summed E-state index contributed by atoms with van der Waals surface area (Å²) >= 11 is 1.51. The molecule has 3 aromatic rings. The number of ketones is 1. The van der Waals surface area contributed by atoms with Gasteiger partial charge in [0.1, 0.15) is 17.6 Å². The summed E-state index contributed by atoms with van der Waals surface area (Å²) in [6.07, 6.45) is 1.61. The number of benzene rings is 1. The van der Waals surface area contributed by atoms with Crippen LogP contribution in [0, 0.1) is 5.92 Å². The van der Waals surface area contributed by atoms with Crippen LogP contribution in [0.25, 0.3) is 5.76 Å². The van der Waals surface area contributed by atoms with E-state index in [9.17, 15) is 14.7 Å². The SMILES string of the molecule is CC(C)COc1cccc(/C(O)=C2/C(=O)C(=O)N(Cc3cccs3)C2c2ccccn2)c1. The van der Waals surface area contributed by atoms with Crippen molar-refractivity contribution in [2.75, 3.05) is 6.61 Å². The lowest BCUT2D eigenvalue weighted by Gasteiger charge is -2.24. The molecule has 2 aromatic heterocycles. The van der Waals surface area contributed by atoms with Crippen LogP contribution in [-0.4, -0.2) is 33.3 Å². The highest BCUT2D eigenvalue weighted by atomic mass is 32.1. The zero-order valence-electron chi connectivity index (χ0n) is 17.9. The van der Waals surface area contributed by atoms with Crippen molar-refractivity contribution in [2.24, 2.45) is 5.92 Å². The third-order valence-electron chi connectivity index (χ3n) is 5.10. The number of ether oxygens (including phenoxy) is 1. The molecule has 1 saturated heterocycles. The van der Waals surface area contributed by atoms with E-state index in [1.165, 1.54) is 16.2 Å². The van der Waals surface area contributed by atoms with E-state index < -0.39 is 17.7 Å². The van der Waals surface area contributed by atoms with Crippen LogP contribution in [0.2, 0.25) is 0 Å². The van der Waals surface area contributed by atoms with Crippen LogP contribution in [0.4, 0.5) is 0 Å². The summed E-state index contributed by atoms with van der Waals surface area (Å²) in [6.45, 7) is 4.89. The number of thiophene rings is 1. The molecule has 3 heterocycles. The zero-order chi connectivity index (χ0) is 22.7. The van der Waals surface area contributed by atoms with Crippen molar-refractivity contribution in [3.05, 3.63) is 87.9 Å². The quantitative estimate of drug-likeness (QED) is 0.319.